The van der Waals surface area contributed by atoms with E-state index in [0.717, 1.165) is 0 Å². The highest BCUT2D eigenvalue weighted by atomic mass is 19.4. The van der Waals surface area contributed by atoms with Gasteiger partial charge in [-0.15, -0.1) is 0 Å². The first-order valence-corrected chi connectivity index (χ1v) is 2.46. The topological polar surface area (TPSA) is 17.1 Å². The zero-order chi connectivity index (χ0) is 7.65. The molecule has 0 rings (SSSR count). The quantitative estimate of drug-likeness (QED) is 0.483. The van der Waals surface area contributed by atoms with Crippen molar-refractivity contribution >= 4 is 13.6 Å². The van der Waals surface area contributed by atoms with Gasteiger partial charge in [-0.25, -0.2) is 0 Å². The highest BCUT2D eigenvalue weighted by Gasteiger charge is 2.39. The number of Topliss-reactive ketones (excluding diaryl/α,β-unsaturated/α-hetero) is 1. The molecule has 0 amide bonds. The summed E-state index contributed by atoms with van der Waals surface area (Å²) >= 11 is 0. The Hall–Kier alpha value is -0.475. The maximum absolute atomic E-state index is 11.4. The third kappa shape index (κ3) is 2.53. The summed E-state index contributed by atoms with van der Waals surface area (Å²) in [4.78, 5) is 10.0. The lowest BCUT2D eigenvalue weighted by Gasteiger charge is -2.06. The molecule has 0 radical (unpaired) electrons. The van der Waals surface area contributed by atoms with Crippen molar-refractivity contribution in [3.8, 4) is 0 Å². The third-order valence-electron chi connectivity index (χ3n) is 0.804. The van der Waals surface area contributed by atoms with Crippen LogP contribution in [0.25, 0.3) is 0 Å². The van der Waals surface area contributed by atoms with Crippen LogP contribution in [0.4, 0.5) is 13.2 Å². The fraction of sp³-hybridized carbons (Fsp3) is 0.750. The van der Waals surface area contributed by atoms with Crippen LogP contribution in [0.2, 0.25) is 5.82 Å². The maximum atomic E-state index is 11.4. The molecule has 0 N–H and O–H groups in total. The Labute approximate surface area is 51.6 Å². The Bertz CT molecular complexity index is 117. The molecule has 52 valence electrons. The average molecular weight is 138 g/mol. The predicted molar refractivity (Wildman–Crippen MR) is 29.0 cm³/mol. The monoisotopic (exact) mass is 138 g/mol. The van der Waals surface area contributed by atoms with Crippen molar-refractivity contribution in [2.45, 2.75) is 18.9 Å². The van der Waals surface area contributed by atoms with Crippen LogP contribution in [0.1, 0.15) is 6.92 Å². The van der Waals surface area contributed by atoms with E-state index in [1.807, 2.05) is 0 Å². The largest absolute Gasteiger partial charge is 0.449 e. The van der Waals surface area contributed by atoms with Crippen molar-refractivity contribution in [2.24, 2.45) is 0 Å². The molecule has 0 aromatic heterocycles. The molecule has 5 heteroatoms. The van der Waals surface area contributed by atoms with Gasteiger partial charge in [-0.05, 0) is 5.82 Å². The van der Waals surface area contributed by atoms with Gasteiger partial charge in [-0.3, -0.25) is 4.79 Å². The summed E-state index contributed by atoms with van der Waals surface area (Å²) in [6, 6.07) is 0. The molecule has 1 unspecified atom stereocenters. The molecule has 0 aromatic rings. The Morgan fingerprint density at radius 3 is 1.89 bits per heavy atom. The predicted octanol–water partition coefficient (Wildman–Crippen LogP) is 0.559. The average Bonchev–Trinajstić information content (AvgIpc) is 1.62. The number of carbonyl (C=O) groups excluding carboxylic acids is 1. The van der Waals surface area contributed by atoms with Crippen LogP contribution >= 0.6 is 0 Å². The molecule has 1 atom stereocenters. The van der Waals surface area contributed by atoms with Crippen molar-refractivity contribution in [3.63, 3.8) is 0 Å². The van der Waals surface area contributed by atoms with E-state index in [9.17, 15) is 18.0 Å². The van der Waals surface area contributed by atoms with Gasteiger partial charge in [0.05, 0.1) is 0 Å². The lowest BCUT2D eigenvalue weighted by atomic mass is 9.85. The van der Waals surface area contributed by atoms with Crippen LogP contribution in [-0.2, 0) is 4.79 Å². The van der Waals surface area contributed by atoms with Gasteiger partial charge in [0.25, 0.3) is 0 Å². The Morgan fingerprint density at radius 1 is 1.56 bits per heavy atom. The zero-order valence-electron chi connectivity index (χ0n) is 5.12. The van der Waals surface area contributed by atoms with Gasteiger partial charge in [-0.1, -0.05) is 6.92 Å². The standard InChI is InChI=1S/C4H6BF3O/c1-2(5)3(9)4(6,7)8/h2H,5H2,1H3. The summed E-state index contributed by atoms with van der Waals surface area (Å²) in [6.45, 7) is 1.22. The molecule has 0 fully saturated rings. The highest BCUT2D eigenvalue weighted by Crippen LogP contribution is 2.21. The fourth-order valence-corrected chi connectivity index (χ4v) is 0.327. The maximum Gasteiger partial charge on any atom is 0.449 e. The van der Waals surface area contributed by atoms with Crippen molar-refractivity contribution in [1.82, 2.24) is 0 Å². The van der Waals surface area contributed by atoms with Crippen LogP contribution in [0.5, 0.6) is 0 Å². The number of ketones is 1. The lowest BCUT2D eigenvalue weighted by molar-refractivity contribution is -0.170. The van der Waals surface area contributed by atoms with Gasteiger partial charge >= 0.3 is 6.18 Å². The van der Waals surface area contributed by atoms with Crippen molar-refractivity contribution < 1.29 is 18.0 Å². The van der Waals surface area contributed by atoms with Crippen molar-refractivity contribution in [2.75, 3.05) is 0 Å². The Balaban J connectivity index is 4.06. The number of hydrogen-bond acceptors (Lipinski definition) is 1. The van der Waals surface area contributed by atoms with Crippen molar-refractivity contribution in [3.05, 3.63) is 0 Å². The number of hydrogen-bond donors (Lipinski definition) is 0. The van der Waals surface area contributed by atoms with Gasteiger partial charge < -0.3 is 0 Å². The Kier molecular flexibility index (Phi) is 2.28. The van der Waals surface area contributed by atoms with Crippen LogP contribution in [0.15, 0.2) is 0 Å². The van der Waals surface area contributed by atoms with Gasteiger partial charge in [0, 0.05) is 0 Å². The second-order valence-electron chi connectivity index (χ2n) is 2.02. The first-order valence-electron chi connectivity index (χ1n) is 2.46. The molecule has 0 aromatic carbocycles. The van der Waals surface area contributed by atoms with E-state index in [1.54, 1.807) is 0 Å². The first-order chi connectivity index (χ1) is 3.85. The van der Waals surface area contributed by atoms with E-state index in [1.165, 1.54) is 14.8 Å². The van der Waals surface area contributed by atoms with E-state index in [0.29, 0.717) is 0 Å². The lowest BCUT2D eigenvalue weighted by Crippen LogP contribution is -2.25. The molecule has 0 aliphatic heterocycles. The molecular weight excluding hydrogens is 132 g/mol. The second kappa shape index (κ2) is 2.41. The van der Waals surface area contributed by atoms with E-state index >= 15 is 0 Å². The van der Waals surface area contributed by atoms with Gasteiger partial charge in [0.1, 0.15) is 7.85 Å². The van der Waals surface area contributed by atoms with Gasteiger partial charge in [0.2, 0.25) is 5.78 Å². The van der Waals surface area contributed by atoms with Gasteiger partial charge in [-0.2, -0.15) is 13.2 Å². The summed E-state index contributed by atoms with van der Waals surface area (Å²) in [5, 5.41) is 0. The van der Waals surface area contributed by atoms with Gasteiger partial charge in [0.15, 0.2) is 0 Å². The molecular formula is C4H6BF3O. The molecule has 0 saturated heterocycles. The number of alkyl halides is 3. The molecule has 0 aliphatic rings. The second-order valence-corrected chi connectivity index (χ2v) is 2.02. The molecule has 0 spiro atoms. The van der Waals surface area contributed by atoms with Crippen LogP contribution < -0.4 is 0 Å². The van der Waals surface area contributed by atoms with Crippen LogP contribution in [-0.4, -0.2) is 19.8 Å². The molecule has 0 bridgehead atoms. The number of halogens is 3. The smallest absolute Gasteiger partial charge is 0.290 e. The summed E-state index contributed by atoms with van der Waals surface area (Å²) in [7, 11) is 1.22. The SMILES string of the molecule is BC(C)C(=O)C(F)(F)F. The minimum Gasteiger partial charge on any atom is -0.290 e. The van der Waals surface area contributed by atoms with E-state index < -0.39 is 17.8 Å². The minimum atomic E-state index is -4.66. The summed E-state index contributed by atoms with van der Waals surface area (Å²) in [5.74, 6) is -2.62. The highest BCUT2D eigenvalue weighted by molar-refractivity contribution is 6.24. The Morgan fingerprint density at radius 2 is 1.89 bits per heavy atom. The number of rotatable bonds is 1. The van der Waals surface area contributed by atoms with Crippen molar-refractivity contribution in [1.29, 1.82) is 0 Å². The number of carbonyl (C=O) groups is 1. The van der Waals surface area contributed by atoms with E-state index in [2.05, 4.69) is 0 Å². The summed E-state index contributed by atoms with van der Waals surface area (Å²) < 4.78 is 34.1. The molecule has 1 nitrogen and oxygen atoms in total. The fourth-order valence-electron chi connectivity index (χ4n) is 0.327. The first kappa shape index (κ1) is 8.52. The molecule has 9 heavy (non-hydrogen) atoms. The van der Waals surface area contributed by atoms with E-state index in [4.69, 9.17) is 0 Å². The van der Waals surface area contributed by atoms with E-state index in [-0.39, 0.29) is 0 Å². The normalized spacial score (nSPS) is 15.1. The van der Waals surface area contributed by atoms with Crippen LogP contribution in [0, 0.1) is 0 Å². The van der Waals surface area contributed by atoms with Crippen LogP contribution in [0.3, 0.4) is 0 Å². The zero-order valence-corrected chi connectivity index (χ0v) is 5.12. The minimum absolute atomic E-state index is 0.954. The summed E-state index contributed by atoms with van der Waals surface area (Å²) in [6.07, 6.45) is -4.66. The molecule has 0 heterocycles. The third-order valence-corrected chi connectivity index (χ3v) is 0.804. The molecule has 0 aliphatic carbocycles. The summed E-state index contributed by atoms with van der Waals surface area (Å²) in [5.41, 5.74) is 0. The molecule has 0 saturated carbocycles.